The van der Waals surface area contributed by atoms with Crippen LogP contribution in [-0.4, -0.2) is 40.4 Å². The number of nitrogens with two attached hydrogens (primary N) is 1. The number of hydrogen-bond donors (Lipinski definition) is 2. The summed E-state index contributed by atoms with van der Waals surface area (Å²) in [6.45, 7) is 1.57. The summed E-state index contributed by atoms with van der Waals surface area (Å²) in [5.41, 5.74) is 5.35. The van der Waals surface area contributed by atoms with Crippen molar-refractivity contribution in [3.8, 4) is 0 Å². The fourth-order valence-electron chi connectivity index (χ4n) is 1.92. The summed E-state index contributed by atoms with van der Waals surface area (Å²) in [5, 5.41) is 2.65. The van der Waals surface area contributed by atoms with Crippen molar-refractivity contribution in [2.45, 2.75) is 19.3 Å². The normalized spacial score (nSPS) is 15.5. The Kier molecular flexibility index (Phi) is 3.91. The van der Waals surface area contributed by atoms with Crippen molar-refractivity contribution in [1.29, 1.82) is 0 Å². The lowest BCUT2D eigenvalue weighted by Crippen LogP contribution is -2.39. The van der Waals surface area contributed by atoms with E-state index in [1.54, 1.807) is 4.90 Å². The number of hydrogen-bond acceptors (Lipinski definition) is 5. The van der Waals surface area contributed by atoms with Gasteiger partial charge < -0.3 is 16.0 Å². The van der Waals surface area contributed by atoms with Gasteiger partial charge in [-0.3, -0.25) is 4.79 Å². The van der Waals surface area contributed by atoms with Gasteiger partial charge in [-0.2, -0.15) is 4.98 Å². The van der Waals surface area contributed by atoms with Crippen LogP contribution in [0.25, 0.3) is 0 Å². The number of nitrogen functional groups attached to an aromatic ring is 1. The molecule has 6 nitrogen and oxygen atoms in total. The fourth-order valence-corrected chi connectivity index (χ4v) is 1.92. The number of halogens is 1. The van der Waals surface area contributed by atoms with Crippen molar-refractivity contribution < 1.29 is 9.18 Å². The monoisotopic (exact) mass is 253 g/mol. The fraction of sp³-hybridized carbons (Fsp3) is 0.545. The molecule has 0 unspecified atom stereocenters. The first-order valence-corrected chi connectivity index (χ1v) is 5.96. The summed E-state index contributed by atoms with van der Waals surface area (Å²) in [6.07, 6.45) is 4.20. The summed E-state index contributed by atoms with van der Waals surface area (Å²) in [6, 6.07) is 0. The summed E-state index contributed by atoms with van der Waals surface area (Å²) < 4.78 is 13.3. The number of carbonyl (C=O) groups excluding carboxylic acids is 1. The lowest BCUT2D eigenvalue weighted by molar-refractivity contribution is -0.130. The third-order valence-corrected chi connectivity index (χ3v) is 2.88. The number of aromatic nitrogens is 2. The minimum absolute atomic E-state index is 0.0212. The summed E-state index contributed by atoms with van der Waals surface area (Å²) in [5.74, 6) is -0.723. The molecule has 0 aliphatic carbocycles. The quantitative estimate of drug-likeness (QED) is 0.825. The zero-order chi connectivity index (χ0) is 13.0. The molecule has 1 saturated heterocycles. The Hall–Kier alpha value is -1.92. The second-order valence-electron chi connectivity index (χ2n) is 4.22. The molecule has 2 heterocycles. The summed E-state index contributed by atoms with van der Waals surface area (Å²) in [7, 11) is 0. The van der Waals surface area contributed by atoms with Gasteiger partial charge >= 0.3 is 0 Å². The molecule has 0 spiro atoms. The van der Waals surface area contributed by atoms with Gasteiger partial charge in [0, 0.05) is 13.1 Å². The number of amides is 1. The maximum absolute atomic E-state index is 13.3. The van der Waals surface area contributed by atoms with Gasteiger partial charge in [0.05, 0.1) is 12.7 Å². The van der Waals surface area contributed by atoms with Crippen molar-refractivity contribution in [2.75, 3.05) is 30.7 Å². The smallest absolute Gasteiger partial charge is 0.241 e. The first-order chi connectivity index (χ1) is 8.66. The Labute approximate surface area is 104 Å². The van der Waals surface area contributed by atoms with Crippen LogP contribution in [0, 0.1) is 5.82 Å². The zero-order valence-corrected chi connectivity index (χ0v) is 10.0. The van der Waals surface area contributed by atoms with Gasteiger partial charge in [-0.15, -0.1) is 0 Å². The molecule has 1 aromatic heterocycles. The Balaban J connectivity index is 1.90. The number of nitrogens with zero attached hydrogens (tertiary/aromatic N) is 3. The number of rotatable bonds is 3. The molecule has 1 aliphatic rings. The largest absolute Gasteiger partial charge is 0.368 e. The highest BCUT2D eigenvalue weighted by Gasteiger charge is 2.16. The molecule has 0 saturated carbocycles. The molecule has 98 valence electrons. The van der Waals surface area contributed by atoms with Crippen LogP contribution in [0.5, 0.6) is 0 Å². The van der Waals surface area contributed by atoms with Crippen LogP contribution >= 0.6 is 0 Å². The highest BCUT2D eigenvalue weighted by atomic mass is 19.1. The minimum atomic E-state index is -0.615. The third-order valence-electron chi connectivity index (χ3n) is 2.88. The van der Waals surface area contributed by atoms with Crippen molar-refractivity contribution in [3.63, 3.8) is 0 Å². The van der Waals surface area contributed by atoms with Crippen molar-refractivity contribution in [3.05, 3.63) is 12.0 Å². The molecule has 1 fully saturated rings. The van der Waals surface area contributed by atoms with Gasteiger partial charge in [-0.25, -0.2) is 9.37 Å². The van der Waals surface area contributed by atoms with Gasteiger partial charge in [0.15, 0.2) is 11.6 Å². The molecule has 0 bridgehead atoms. The number of carbonyl (C=O) groups is 1. The second-order valence-corrected chi connectivity index (χ2v) is 4.22. The lowest BCUT2D eigenvalue weighted by atomic mass is 10.1. The first kappa shape index (κ1) is 12.5. The molecule has 1 aliphatic heterocycles. The van der Waals surface area contributed by atoms with Crippen LogP contribution in [0.4, 0.5) is 16.2 Å². The summed E-state index contributed by atoms with van der Waals surface area (Å²) in [4.78, 5) is 20.8. The van der Waals surface area contributed by atoms with E-state index in [4.69, 9.17) is 5.73 Å². The molecule has 0 aromatic carbocycles. The van der Waals surface area contributed by atoms with Crippen molar-refractivity contribution >= 4 is 17.7 Å². The van der Waals surface area contributed by atoms with Gasteiger partial charge in [0.25, 0.3) is 0 Å². The van der Waals surface area contributed by atoms with E-state index in [1.807, 2.05) is 0 Å². The standard InChI is InChI=1S/C11H16FN5O/c12-8-6-15-11(13)16-10(8)14-7-9(18)17-4-2-1-3-5-17/h6H,1-5,7H2,(H3,13,14,15,16). The Morgan fingerprint density at radius 1 is 1.44 bits per heavy atom. The topological polar surface area (TPSA) is 84.1 Å². The van der Waals surface area contributed by atoms with Crippen LogP contribution in [0.15, 0.2) is 6.20 Å². The van der Waals surface area contributed by atoms with Gasteiger partial charge in [-0.05, 0) is 19.3 Å². The minimum Gasteiger partial charge on any atom is -0.368 e. The third kappa shape index (κ3) is 3.06. The molecule has 2 rings (SSSR count). The zero-order valence-electron chi connectivity index (χ0n) is 10.0. The second kappa shape index (κ2) is 5.61. The van der Waals surface area contributed by atoms with Crippen LogP contribution in [0.3, 0.4) is 0 Å². The lowest BCUT2D eigenvalue weighted by Gasteiger charge is -2.26. The predicted molar refractivity (Wildman–Crippen MR) is 65.3 cm³/mol. The van der Waals surface area contributed by atoms with E-state index in [0.717, 1.165) is 38.5 Å². The molecule has 1 aromatic rings. The van der Waals surface area contributed by atoms with Gasteiger partial charge in [0.1, 0.15) is 0 Å². The SMILES string of the molecule is Nc1ncc(F)c(NCC(=O)N2CCCCC2)n1. The Morgan fingerprint density at radius 3 is 2.89 bits per heavy atom. The number of likely N-dealkylation sites (tertiary alicyclic amines) is 1. The van der Waals surface area contributed by atoms with Crippen LogP contribution < -0.4 is 11.1 Å². The molecular weight excluding hydrogens is 237 g/mol. The predicted octanol–water partition coefficient (Wildman–Crippen LogP) is 0.622. The molecule has 18 heavy (non-hydrogen) atoms. The Bertz CT molecular complexity index is 433. The average Bonchev–Trinajstić information content (AvgIpc) is 2.40. The number of piperidine rings is 1. The molecule has 1 amide bonds. The Morgan fingerprint density at radius 2 is 2.17 bits per heavy atom. The van der Waals surface area contributed by atoms with E-state index < -0.39 is 5.82 Å². The van der Waals surface area contributed by atoms with Crippen LogP contribution in [0.2, 0.25) is 0 Å². The van der Waals surface area contributed by atoms with E-state index in [9.17, 15) is 9.18 Å². The van der Waals surface area contributed by atoms with E-state index in [-0.39, 0.29) is 24.2 Å². The van der Waals surface area contributed by atoms with Crippen molar-refractivity contribution in [2.24, 2.45) is 0 Å². The number of anilines is 2. The van der Waals surface area contributed by atoms with Gasteiger partial charge in [0.2, 0.25) is 11.9 Å². The van der Waals surface area contributed by atoms with Gasteiger partial charge in [-0.1, -0.05) is 0 Å². The van der Waals surface area contributed by atoms with Crippen LogP contribution in [0.1, 0.15) is 19.3 Å². The molecular formula is C11H16FN5O. The van der Waals surface area contributed by atoms with Crippen molar-refractivity contribution in [1.82, 2.24) is 14.9 Å². The van der Waals surface area contributed by atoms with E-state index >= 15 is 0 Å². The molecule has 3 N–H and O–H groups in total. The molecule has 7 heteroatoms. The summed E-state index contributed by atoms with van der Waals surface area (Å²) >= 11 is 0. The average molecular weight is 253 g/mol. The van der Waals surface area contributed by atoms with E-state index in [2.05, 4.69) is 15.3 Å². The molecule has 0 radical (unpaired) electrons. The maximum Gasteiger partial charge on any atom is 0.241 e. The highest BCUT2D eigenvalue weighted by Crippen LogP contribution is 2.11. The highest BCUT2D eigenvalue weighted by molar-refractivity contribution is 5.80. The number of nitrogens with one attached hydrogen (secondary N) is 1. The molecule has 0 atom stereocenters. The van der Waals surface area contributed by atoms with Crippen LogP contribution in [-0.2, 0) is 4.79 Å². The maximum atomic E-state index is 13.3. The van der Waals surface area contributed by atoms with E-state index in [1.165, 1.54) is 0 Å². The first-order valence-electron chi connectivity index (χ1n) is 5.96. The van der Waals surface area contributed by atoms with E-state index in [0.29, 0.717) is 0 Å².